The van der Waals surface area contributed by atoms with E-state index in [-0.39, 0.29) is 0 Å². The highest BCUT2D eigenvalue weighted by Gasteiger charge is 2.16. The average molecular weight is 204 g/mol. The van der Waals surface area contributed by atoms with Crippen LogP contribution in [0.1, 0.15) is 49.7 Å². The molecular weight excluding hydrogens is 184 g/mol. The second-order valence-corrected chi connectivity index (χ2v) is 4.36. The highest BCUT2D eigenvalue weighted by molar-refractivity contribution is 5.25. The van der Waals surface area contributed by atoms with Gasteiger partial charge < -0.3 is 4.74 Å². The smallest absolute Gasteiger partial charge is 0.0716 e. The van der Waals surface area contributed by atoms with Crippen LogP contribution in [0.4, 0.5) is 0 Å². The first-order chi connectivity index (χ1) is 7.40. The van der Waals surface area contributed by atoms with E-state index in [9.17, 15) is 0 Å². The number of hydrogen-bond donors (Lipinski definition) is 0. The molecule has 1 aliphatic rings. The van der Waals surface area contributed by atoms with Crippen molar-refractivity contribution >= 4 is 0 Å². The maximum Gasteiger partial charge on any atom is 0.0716 e. The molecule has 2 rings (SSSR count). The second-order valence-electron chi connectivity index (χ2n) is 4.36. The molecule has 1 heteroatoms. The molecule has 0 bridgehead atoms. The predicted octanol–water partition coefficient (Wildman–Crippen LogP) is 3.88. The molecular formula is C14H20O. The van der Waals surface area contributed by atoms with Gasteiger partial charge in [0.15, 0.2) is 0 Å². The van der Waals surface area contributed by atoms with Crippen molar-refractivity contribution in [2.24, 2.45) is 0 Å². The number of rotatable bonds is 4. The molecule has 0 heterocycles. The Kier molecular flexibility index (Phi) is 3.79. The first-order valence-corrected chi connectivity index (χ1v) is 6.06. The molecule has 0 atom stereocenters. The summed E-state index contributed by atoms with van der Waals surface area (Å²) in [6.07, 6.45) is 5.58. The quantitative estimate of drug-likeness (QED) is 0.723. The fourth-order valence-corrected chi connectivity index (χ4v) is 2.37. The van der Waals surface area contributed by atoms with E-state index in [0.29, 0.717) is 0 Å². The molecule has 1 aliphatic carbocycles. The van der Waals surface area contributed by atoms with Crippen molar-refractivity contribution in [1.29, 1.82) is 0 Å². The summed E-state index contributed by atoms with van der Waals surface area (Å²) in [6.45, 7) is 3.58. The Bertz CT molecular complexity index is 283. The number of benzene rings is 1. The van der Waals surface area contributed by atoms with Crippen LogP contribution >= 0.6 is 0 Å². The minimum Gasteiger partial charge on any atom is -0.377 e. The molecule has 0 amide bonds. The van der Waals surface area contributed by atoms with Gasteiger partial charge in [0.25, 0.3) is 0 Å². The van der Waals surface area contributed by atoms with Crippen molar-refractivity contribution in [3.63, 3.8) is 0 Å². The summed E-state index contributed by atoms with van der Waals surface area (Å²) in [4.78, 5) is 0. The monoisotopic (exact) mass is 204 g/mol. The summed E-state index contributed by atoms with van der Waals surface area (Å²) >= 11 is 0. The van der Waals surface area contributed by atoms with Crippen molar-refractivity contribution in [3.8, 4) is 0 Å². The Morgan fingerprint density at radius 2 is 1.80 bits per heavy atom. The molecule has 1 aromatic carbocycles. The van der Waals surface area contributed by atoms with Gasteiger partial charge >= 0.3 is 0 Å². The lowest BCUT2D eigenvalue weighted by Crippen LogP contribution is -1.95. The van der Waals surface area contributed by atoms with Gasteiger partial charge in [-0.15, -0.1) is 0 Å². The van der Waals surface area contributed by atoms with Crippen LogP contribution in [0.2, 0.25) is 0 Å². The van der Waals surface area contributed by atoms with Crippen LogP contribution in [0.15, 0.2) is 24.3 Å². The van der Waals surface area contributed by atoms with E-state index in [1.807, 2.05) is 6.92 Å². The van der Waals surface area contributed by atoms with Crippen LogP contribution in [0, 0.1) is 0 Å². The van der Waals surface area contributed by atoms with Crippen LogP contribution in [0.25, 0.3) is 0 Å². The molecule has 1 aromatic rings. The number of ether oxygens (including phenoxy) is 1. The van der Waals surface area contributed by atoms with E-state index in [1.165, 1.54) is 36.8 Å². The van der Waals surface area contributed by atoms with E-state index >= 15 is 0 Å². The van der Waals surface area contributed by atoms with Gasteiger partial charge in [-0.2, -0.15) is 0 Å². The Hall–Kier alpha value is -0.820. The topological polar surface area (TPSA) is 9.23 Å². The first kappa shape index (κ1) is 10.7. The summed E-state index contributed by atoms with van der Waals surface area (Å²) in [5.41, 5.74) is 2.81. The molecule has 0 N–H and O–H groups in total. The lowest BCUT2D eigenvalue weighted by Gasteiger charge is -2.10. The average Bonchev–Trinajstić information content (AvgIpc) is 2.80. The van der Waals surface area contributed by atoms with E-state index in [0.717, 1.165) is 19.1 Å². The van der Waals surface area contributed by atoms with Crippen molar-refractivity contribution in [2.45, 2.75) is 45.1 Å². The zero-order valence-corrected chi connectivity index (χ0v) is 9.54. The highest BCUT2D eigenvalue weighted by Crippen LogP contribution is 2.33. The summed E-state index contributed by atoms with van der Waals surface area (Å²) in [5.74, 6) is 0.825. The molecule has 0 saturated heterocycles. The summed E-state index contributed by atoms with van der Waals surface area (Å²) in [7, 11) is 0. The number of hydrogen-bond acceptors (Lipinski definition) is 1. The molecule has 0 aliphatic heterocycles. The van der Waals surface area contributed by atoms with Crippen molar-refractivity contribution in [3.05, 3.63) is 35.4 Å². The highest BCUT2D eigenvalue weighted by atomic mass is 16.5. The molecule has 0 aromatic heterocycles. The largest absolute Gasteiger partial charge is 0.377 e. The Labute approximate surface area is 92.5 Å². The fourth-order valence-electron chi connectivity index (χ4n) is 2.37. The molecule has 0 unspecified atom stereocenters. The minimum atomic E-state index is 0.751. The van der Waals surface area contributed by atoms with Gasteiger partial charge in [-0.25, -0.2) is 0 Å². The molecule has 1 fully saturated rings. The molecule has 1 nitrogen and oxygen atoms in total. The third kappa shape index (κ3) is 2.82. The van der Waals surface area contributed by atoms with Gasteiger partial charge in [0, 0.05) is 6.61 Å². The Morgan fingerprint density at radius 3 is 2.40 bits per heavy atom. The van der Waals surface area contributed by atoms with E-state index in [4.69, 9.17) is 4.74 Å². The van der Waals surface area contributed by atoms with Crippen LogP contribution < -0.4 is 0 Å². The van der Waals surface area contributed by atoms with Crippen molar-refractivity contribution in [2.75, 3.05) is 6.61 Å². The Balaban J connectivity index is 1.96. The maximum atomic E-state index is 5.38. The van der Waals surface area contributed by atoms with Crippen LogP contribution in [-0.2, 0) is 11.3 Å². The second kappa shape index (κ2) is 5.32. The van der Waals surface area contributed by atoms with Crippen LogP contribution in [0.5, 0.6) is 0 Å². The zero-order chi connectivity index (χ0) is 10.5. The third-order valence-corrected chi connectivity index (χ3v) is 3.28. The van der Waals surface area contributed by atoms with Crippen LogP contribution in [0.3, 0.4) is 0 Å². The van der Waals surface area contributed by atoms with Gasteiger partial charge in [-0.1, -0.05) is 37.1 Å². The molecule has 0 radical (unpaired) electrons. The standard InChI is InChI=1S/C14H20O/c1-2-15-11-12-7-9-14(10-8-12)13-5-3-4-6-13/h7-10,13H,2-6,11H2,1H3. The van der Waals surface area contributed by atoms with Gasteiger partial charge in [-0.05, 0) is 36.8 Å². The van der Waals surface area contributed by atoms with Crippen molar-refractivity contribution in [1.82, 2.24) is 0 Å². The van der Waals surface area contributed by atoms with Gasteiger partial charge in [-0.3, -0.25) is 0 Å². The zero-order valence-electron chi connectivity index (χ0n) is 9.54. The molecule has 82 valence electrons. The molecule has 1 saturated carbocycles. The van der Waals surface area contributed by atoms with E-state index < -0.39 is 0 Å². The predicted molar refractivity (Wildman–Crippen MR) is 63.0 cm³/mol. The van der Waals surface area contributed by atoms with Crippen LogP contribution in [-0.4, -0.2) is 6.61 Å². The summed E-state index contributed by atoms with van der Waals surface area (Å²) < 4.78 is 5.38. The first-order valence-electron chi connectivity index (χ1n) is 6.06. The maximum absolute atomic E-state index is 5.38. The minimum absolute atomic E-state index is 0.751. The fraction of sp³-hybridized carbons (Fsp3) is 0.571. The van der Waals surface area contributed by atoms with Gasteiger partial charge in [0.2, 0.25) is 0 Å². The SMILES string of the molecule is CCOCc1ccc(C2CCCC2)cc1. The molecule has 0 spiro atoms. The lowest BCUT2D eigenvalue weighted by atomic mass is 9.97. The van der Waals surface area contributed by atoms with Gasteiger partial charge in [0.1, 0.15) is 0 Å². The Morgan fingerprint density at radius 1 is 1.13 bits per heavy atom. The van der Waals surface area contributed by atoms with Gasteiger partial charge in [0.05, 0.1) is 6.61 Å². The lowest BCUT2D eigenvalue weighted by molar-refractivity contribution is 0.134. The summed E-state index contributed by atoms with van der Waals surface area (Å²) in [6, 6.07) is 8.99. The molecule has 15 heavy (non-hydrogen) atoms. The van der Waals surface area contributed by atoms with Crippen molar-refractivity contribution < 1.29 is 4.74 Å². The third-order valence-electron chi connectivity index (χ3n) is 3.28. The van der Waals surface area contributed by atoms with E-state index in [1.54, 1.807) is 0 Å². The normalized spacial score (nSPS) is 17.1. The van der Waals surface area contributed by atoms with E-state index in [2.05, 4.69) is 24.3 Å². The summed E-state index contributed by atoms with van der Waals surface area (Å²) in [5, 5.41) is 0.